The van der Waals surface area contributed by atoms with Crippen molar-refractivity contribution in [2.24, 2.45) is 0 Å². The summed E-state index contributed by atoms with van der Waals surface area (Å²) in [5, 5.41) is 0.631. The largest absolute Gasteiger partial charge is 0.450 e. The summed E-state index contributed by atoms with van der Waals surface area (Å²) in [5.74, 6) is -0.219. The molecule has 232 valence electrons. The molecule has 2 aliphatic heterocycles. The Morgan fingerprint density at radius 2 is 1.72 bits per heavy atom. The van der Waals surface area contributed by atoms with Crippen molar-refractivity contribution in [3.8, 4) is 0 Å². The number of carbonyl (C=O) groups is 2. The van der Waals surface area contributed by atoms with Gasteiger partial charge in [-0.25, -0.2) is 18.2 Å². The number of morpholine rings is 1. The van der Waals surface area contributed by atoms with Crippen molar-refractivity contribution < 1.29 is 27.5 Å². The van der Waals surface area contributed by atoms with Gasteiger partial charge < -0.3 is 14.4 Å². The van der Waals surface area contributed by atoms with Crippen molar-refractivity contribution in [3.05, 3.63) is 53.6 Å². The molecule has 13 heteroatoms. The van der Waals surface area contributed by atoms with Gasteiger partial charge in [0.15, 0.2) is 5.13 Å². The average Bonchev–Trinajstić information content (AvgIpc) is 3.46. The van der Waals surface area contributed by atoms with Gasteiger partial charge in [0.05, 0.1) is 34.9 Å². The summed E-state index contributed by atoms with van der Waals surface area (Å²) in [6, 6.07) is 12.3. The molecule has 0 spiro atoms. The molecule has 2 amide bonds. The molecule has 0 saturated carbocycles. The zero-order valence-corrected chi connectivity index (χ0v) is 26.4. The predicted molar refractivity (Wildman–Crippen MR) is 166 cm³/mol. The minimum Gasteiger partial charge on any atom is -0.450 e. The van der Waals surface area contributed by atoms with Crippen LogP contribution in [0.2, 0.25) is 0 Å². The first kappa shape index (κ1) is 31.3. The SMILES string of the molecule is CCOC(=O)N1CCN(S(=O)(=O)c2ccc(C(=O)N(CCCN3CCOCC3)c3nc4ccc(CC)cc4s3)cc2)CC1. The predicted octanol–water partition coefficient (Wildman–Crippen LogP) is 3.69. The Hall–Kier alpha value is -3.10. The summed E-state index contributed by atoms with van der Waals surface area (Å²) in [6.07, 6.45) is 1.25. The third-order valence-corrected chi connectivity index (χ3v) is 10.7. The van der Waals surface area contributed by atoms with E-state index in [1.807, 2.05) is 6.07 Å². The third kappa shape index (κ3) is 7.35. The third-order valence-electron chi connectivity index (χ3n) is 7.79. The van der Waals surface area contributed by atoms with Gasteiger partial charge in [0.2, 0.25) is 10.0 Å². The molecule has 43 heavy (non-hydrogen) atoms. The van der Waals surface area contributed by atoms with Crippen LogP contribution in [0.25, 0.3) is 10.2 Å². The molecule has 11 nitrogen and oxygen atoms in total. The van der Waals surface area contributed by atoms with Gasteiger partial charge in [-0.15, -0.1) is 0 Å². The molecule has 5 rings (SSSR count). The molecule has 2 aromatic carbocycles. The fourth-order valence-corrected chi connectivity index (χ4v) is 7.73. The molecule has 1 aromatic heterocycles. The van der Waals surface area contributed by atoms with Crippen molar-refractivity contribution >= 4 is 48.7 Å². The lowest BCUT2D eigenvalue weighted by atomic mass is 10.2. The minimum absolute atomic E-state index is 0.111. The minimum atomic E-state index is -3.79. The summed E-state index contributed by atoms with van der Waals surface area (Å²) in [6.45, 7) is 9.51. The van der Waals surface area contributed by atoms with Gasteiger partial charge in [-0.3, -0.25) is 14.6 Å². The molecule has 0 N–H and O–H groups in total. The maximum absolute atomic E-state index is 13.9. The standard InChI is InChI=1S/C30H39N5O6S2/c1-3-23-6-11-26-27(22-23)42-29(31-26)35(13-5-12-32-18-20-40-21-19-32)28(36)24-7-9-25(10-8-24)43(38,39)34-16-14-33(15-17-34)30(37)41-4-2/h6-11,22H,3-5,12-21H2,1-2H3. The molecule has 0 unspecified atom stereocenters. The quantitative estimate of drug-likeness (QED) is 0.334. The second-order valence-corrected chi connectivity index (χ2v) is 13.5. The number of aromatic nitrogens is 1. The Balaban J connectivity index is 1.32. The van der Waals surface area contributed by atoms with Gasteiger partial charge in [0, 0.05) is 57.9 Å². The van der Waals surface area contributed by atoms with Crippen LogP contribution in [0.1, 0.15) is 36.2 Å². The summed E-state index contributed by atoms with van der Waals surface area (Å²) < 4.78 is 39.6. The molecule has 3 heterocycles. The second-order valence-electron chi connectivity index (χ2n) is 10.5. The van der Waals surface area contributed by atoms with Gasteiger partial charge in [-0.2, -0.15) is 4.31 Å². The molecular weight excluding hydrogens is 590 g/mol. The number of rotatable bonds is 10. The highest BCUT2D eigenvalue weighted by molar-refractivity contribution is 7.89. The van der Waals surface area contributed by atoms with E-state index in [2.05, 4.69) is 24.0 Å². The van der Waals surface area contributed by atoms with E-state index in [1.165, 1.54) is 38.2 Å². The number of carbonyl (C=O) groups excluding carboxylic acids is 2. The van der Waals surface area contributed by atoms with Crippen LogP contribution in [0.15, 0.2) is 47.4 Å². The van der Waals surface area contributed by atoms with Gasteiger partial charge in [-0.1, -0.05) is 24.3 Å². The summed E-state index contributed by atoms with van der Waals surface area (Å²) in [4.78, 5) is 36.4. The van der Waals surface area contributed by atoms with Crippen LogP contribution in [0, 0.1) is 0 Å². The molecule has 2 saturated heterocycles. The van der Waals surface area contributed by atoms with Crippen LogP contribution in [0.3, 0.4) is 0 Å². The molecule has 0 aliphatic carbocycles. The van der Waals surface area contributed by atoms with E-state index in [1.54, 1.807) is 24.0 Å². The Morgan fingerprint density at radius 3 is 2.40 bits per heavy atom. The molecule has 0 radical (unpaired) electrons. The van der Waals surface area contributed by atoms with Crippen LogP contribution in [0.4, 0.5) is 9.93 Å². The number of benzene rings is 2. The highest BCUT2D eigenvalue weighted by Crippen LogP contribution is 2.31. The van der Waals surface area contributed by atoms with Crippen molar-refractivity contribution in [2.45, 2.75) is 31.6 Å². The van der Waals surface area contributed by atoms with E-state index in [-0.39, 0.29) is 43.6 Å². The number of amides is 2. The number of sulfonamides is 1. The van der Waals surface area contributed by atoms with Crippen molar-refractivity contribution in [1.82, 2.24) is 19.1 Å². The lowest BCUT2D eigenvalue weighted by Crippen LogP contribution is -2.50. The molecule has 0 atom stereocenters. The smallest absolute Gasteiger partial charge is 0.409 e. The fraction of sp³-hybridized carbons (Fsp3) is 0.500. The maximum atomic E-state index is 13.9. The van der Waals surface area contributed by atoms with E-state index in [0.717, 1.165) is 55.9 Å². The number of hydrogen-bond acceptors (Lipinski definition) is 9. The maximum Gasteiger partial charge on any atom is 0.409 e. The number of aryl methyl sites for hydroxylation is 1. The van der Waals surface area contributed by atoms with E-state index >= 15 is 0 Å². The van der Waals surface area contributed by atoms with E-state index in [4.69, 9.17) is 14.5 Å². The highest BCUT2D eigenvalue weighted by atomic mass is 32.2. The second kappa shape index (κ2) is 14.1. The summed E-state index contributed by atoms with van der Waals surface area (Å²) >= 11 is 1.50. The van der Waals surface area contributed by atoms with Gasteiger partial charge >= 0.3 is 6.09 Å². The molecule has 2 fully saturated rings. The Kier molecular flexibility index (Phi) is 10.3. The van der Waals surface area contributed by atoms with E-state index < -0.39 is 16.1 Å². The monoisotopic (exact) mass is 629 g/mol. The van der Waals surface area contributed by atoms with Crippen molar-refractivity contribution in [1.29, 1.82) is 0 Å². The van der Waals surface area contributed by atoms with Crippen LogP contribution >= 0.6 is 11.3 Å². The van der Waals surface area contributed by atoms with Crippen LogP contribution < -0.4 is 4.90 Å². The van der Waals surface area contributed by atoms with Crippen LogP contribution in [-0.2, 0) is 25.9 Å². The Morgan fingerprint density at radius 1 is 1.00 bits per heavy atom. The van der Waals surface area contributed by atoms with E-state index in [9.17, 15) is 18.0 Å². The number of thiazole rings is 1. The first-order chi connectivity index (χ1) is 20.8. The number of ether oxygens (including phenoxy) is 2. The Bertz CT molecular complexity index is 1510. The van der Waals surface area contributed by atoms with Gasteiger partial charge in [-0.05, 0) is 61.7 Å². The molecular formula is C30H39N5O6S2. The number of hydrogen-bond donors (Lipinski definition) is 0. The number of fused-ring (bicyclic) bond motifs is 1. The zero-order valence-electron chi connectivity index (χ0n) is 24.7. The summed E-state index contributed by atoms with van der Waals surface area (Å²) in [7, 11) is -3.79. The number of anilines is 1. The molecule has 0 bridgehead atoms. The van der Waals surface area contributed by atoms with Crippen LogP contribution in [0.5, 0.6) is 0 Å². The first-order valence-electron chi connectivity index (χ1n) is 14.8. The van der Waals surface area contributed by atoms with Crippen molar-refractivity contribution in [3.63, 3.8) is 0 Å². The number of piperazine rings is 1. The number of nitrogens with zero attached hydrogens (tertiary/aromatic N) is 5. The van der Waals surface area contributed by atoms with Crippen molar-refractivity contribution in [2.75, 3.05) is 77.1 Å². The first-order valence-corrected chi connectivity index (χ1v) is 17.1. The van der Waals surface area contributed by atoms with Gasteiger partial charge in [0.25, 0.3) is 5.91 Å². The zero-order chi connectivity index (χ0) is 30.4. The van der Waals surface area contributed by atoms with Crippen LogP contribution in [-0.4, -0.2) is 112 Å². The topological polar surface area (TPSA) is 113 Å². The normalized spacial score (nSPS) is 16.8. The van der Waals surface area contributed by atoms with E-state index in [0.29, 0.717) is 17.2 Å². The highest BCUT2D eigenvalue weighted by Gasteiger charge is 2.31. The average molecular weight is 630 g/mol. The Labute approximate surface area is 257 Å². The summed E-state index contributed by atoms with van der Waals surface area (Å²) in [5.41, 5.74) is 2.46. The van der Waals surface area contributed by atoms with Gasteiger partial charge in [0.1, 0.15) is 0 Å². The fourth-order valence-electron chi connectivity index (χ4n) is 5.25. The lowest BCUT2D eigenvalue weighted by Gasteiger charge is -2.33. The lowest BCUT2D eigenvalue weighted by molar-refractivity contribution is 0.0376. The molecule has 3 aromatic rings. The molecule has 2 aliphatic rings.